The number of non-ortho nitro benzene ring substituents is 1. The van der Waals surface area contributed by atoms with Gasteiger partial charge in [0, 0.05) is 18.7 Å². The van der Waals surface area contributed by atoms with Gasteiger partial charge < -0.3 is 10.1 Å². The van der Waals surface area contributed by atoms with Gasteiger partial charge in [0.1, 0.15) is 16.0 Å². The molecule has 0 aliphatic carbocycles. The van der Waals surface area contributed by atoms with E-state index in [4.69, 9.17) is 4.74 Å². The molecule has 0 radical (unpaired) electrons. The lowest BCUT2D eigenvalue weighted by molar-refractivity contribution is -0.384. The van der Waals surface area contributed by atoms with E-state index in [0.29, 0.717) is 0 Å². The molecular formula is C21H19N3O6S2. The van der Waals surface area contributed by atoms with Crippen molar-refractivity contribution in [3.63, 3.8) is 0 Å². The topological polar surface area (TPSA) is 119 Å². The molecule has 1 amide bonds. The van der Waals surface area contributed by atoms with Crippen molar-refractivity contribution in [3.05, 3.63) is 81.2 Å². The number of nitrogens with one attached hydrogen (secondary N) is 1. The highest BCUT2D eigenvalue weighted by Crippen LogP contribution is 2.33. The zero-order chi connectivity index (χ0) is 22.9. The average Bonchev–Trinajstić information content (AvgIpc) is 3.34. The maximum atomic E-state index is 13.3. The van der Waals surface area contributed by atoms with Crippen LogP contribution in [0.25, 0.3) is 0 Å². The summed E-state index contributed by atoms with van der Waals surface area (Å²) in [5, 5.41) is 15.5. The fraction of sp³-hybridized carbons (Fsp3) is 0.190. The highest BCUT2D eigenvalue weighted by atomic mass is 32.2. The number of methoxy groups -OCH3 is 1. The molecule has 1 aliphatic rings. The summed E-state index contributed by atoms with van der Waals surface area (Å²) in [7, 11) is -2.56. The van der Waals surface area contributed by atoms with Crippen molar-refractivity contribution in [3.8, 4) is 5.75 Å². The van der Waals surface area contributed by atoms with Gasteiger partial charge in [-0.05, 0) is 35.1 Å². The number of nitrogens with zero attached hydrogens (tertiary/aromatic N) is 2. The molecule has 0 bridgehead atoms. The van der Waals surface area contributed by atoms with Gasteiger partial charge in [0.05, 0.1) is 17.7 Å². The van der Waals surface area contributed by atoms with Crippen LogP contribution in [0.15, 0.2) is 64.2 Å². The fourth-order valence-corrected chi connectivity index (χ4v) is 6.31. The highest BCUT2D eigenvalue weighted by Gasteiger charge is 2.40. The third-order valence-corrected chi connectivity index (χ3v) is 8.45. The Labute approximate surface area is 188 Å². The number of sulfonamides is 1. The molecule has 1 N–H and O–H groups in total. The number of fused-ring (bicyclic) bond motifs is 1. The summed E-state index contributed by atoms with van der Waals surface area (Å²) in [6.45, 7) is 0.0422. The number of ether oxygens (including phenoxy) is 1. The third-order valence-electron chi connectivity index (χ3n) is 5.22. The van der Waals surface area contributed by atoms with E-state index in [9.17, 15) is 23.3 Å². The zero-order valence-corrected chi connectivity index (χ0v) is 18.6. The number of nitro benzene ring substituents is 1. The van der Waals surface area contributed by atoms with Crippen LogP contribution < -0.4 is 10.1 Å². The largest absolute Gasteiger partial charge is 0.495 e. The lowest BCUT2D eigenvalue weighted by atomic mass is 9.95. The van der Waals surface area contributed by atoms with Crippen LogP contribution in [0.4, 0.5) is 11.4 Å². The Kier molecular flexibility index (Phi) is 5.96. The molecule has 1 aliphatic heterocycles. The summed E-state index contributed by atoms with van der Waals surface area (Å²) in [6.07, 6.45) is 0.170. The third kappa shape index (κ3) is 4.09. The molecule has 0 saturated carbocycles. The second kappa shape index (κ2) is 8.69. The van der Waals surface area contributed by atoms with E-state index in [2.05, 4.69) is 5.32 Å². The molecule has 4 rings (SSSR count). The molecule has 0 unspecified atom stereocenters. The van der Waals surface area contributed by atoms with E-state index in [0.717, 1.165) is 22.5 Å². The molecule has 2 aromatic carbocycles. The molecule has 2 heterocycles. The molecule has 32 heavy (non-hydrogen) atoms. The highest BCUT2D eigenvalue weighted by molar-refractivity contribution is 7.91. The Hall–Kier alpha value is -3.28. The Morgan fingerprint density at radius 3 is 2.59 bits per heavy atom. The number of hydrogen-bond acceptors (Lipinski definition) is 7. The van der Waals surface area contributed by atoms with Crippen LogP contribution in [0.1, 0.15) is 11.1 Å². The predicted molar refractivity (Wildman–Crippen MR) is 119 cm³/mol. The molecule has 1 atom stereocenters. The second-order valence-corrected chi connectivity index (χ2v) is 10.2. The van der Waals surface area contributed by atoms with Crippen molar-refractivity contribution in [2.75, 3.05) is 12.4 Å². The Balaban J connectivity index is 1.72. The first-order valence-corrected chi connectivity index (χ1v) is 11.9. The van der Waals surface area contributed by atoms with Gasteiger partial charge in [-0.15, -0.1) is 11.3 Å². The van der Waals surface area contributed by atoms with Crippen molar-refractivity contribution in [1.82, 2.24) is 4.31 Å². The number of anilines is 1. The van der Waals surface area contributed by atoms with Crippen LogP contribution in [0.3, 0.4) is 0 Å². The average molecular weight is 474 g/mol. The SMILES string of the molecule is COc1ccc([N+](=O)[O-])cc1NC(=O)[C@@H]1Cc2ccccc2CN1S(=O)(=O)c1cccs1. The van der Waals surface area contributed by atoms with Gasteiger partial charge in [0.2, 0.25) is 5.91 Å². The van der Waals surface area contributed by atoms with Gasteiger partial charge in [-0.2, -0.15) is 4.31 Å². The molecule has 0 spiro atoms. The quantitative estimate of drug-likeness (QED) is 0.433. The predicted octanol–water partition coefficient (Wildman–Crippen LogP) is 3.42. The van der Waals surface area contributed by atoms with Gasteiger partial charge in [-0.3, -0.25) is 14.9 Å². The normalized spacial score (nSPS) is 16.2. The number of nitro groups is 1. The van der Waals surface area contributed by atoms with E-state index in [-0.39, 0.29) is 34.3 Å². The number of rotatable bonds is 6. The maximum absolute atomic E-state index is 13.3. The van der Waals surface area contributed by atoms with Gasteiger partial charge in [-0.1, -0.05) is 30.3 Å². The number of carbonyl (C=O) groups excluding carboxylic acids is 1. The summed E-state index contributed by atoms with van der Waals surface area (Å²) >= 11 is 1.08. The molecular weight excluding hydrogens is 454 g/mol. The zero-order valence-electron chi connectivity index (χ0n) is 16.9. The van der Waals surface area contributed by atoms with Gasteiger partial charge in [0.25, 0.3) is 15.7 Å². The number of amides is 1. The molecule has 11 heteroatoms. The maximum Gasteiger partial charge on any atom is 0.271 e. The van der Waals surface area contributed by atoms with E-state index in [1.807, 2.05) is 24.3 Å². The first-order chi connectivity index (χ1) is 15.3. The van der Waals surface area contributed by atoms with E-state index in [1.54, 1.807) is 11.4 Å². The number of benzene rings is 2. The second-order valence-electron chi connectivity index (χ2n) is 7.10. The van der Waals surface area contributed by atoms with Gasteiger partial charge >= 0.3 is 0 Å². The van der Waals surface area contributed by atoms with Crippen LogP contribution >= 0.6 is 11.3 Å². The molecule has 166 valence electrons. The Morgan fingerprint density at radius 2 is 1.94 bits per heavy atom. The van der Waals surface area contributed by atoms with E-state index >= 15 is 0 Å². The lowest BCUT2D eigenvalue weighted by Crippen LogP contribution is -2.50. The molecule has 1 aromatic heterocycles. The lowest BCUT2D eigenvalue weighted by Gasteiger charge is -2.34. The molecule has 9 nitrogen and oxygen atoms in total. The van der Waals surface area contributed by atoms with E-state index in [1.165, 1.54) is 35.7 Å². The summed E-state index contributed by atoms with van der Waals surface area (Å²) in [4.78, 5) is 23.9. The van der Waals surface area contributed by atoms with Crippen molar-refractivity contribution in [2.24, 2.45) is 0 Å². The summed E-state index contributed by atoms with van der Waals surface area (Å²) in [5.41, 5.74) is 1.57. The van der Waals surface area contributed by atoms with Crippen molar-refractivity contribution in [2.45, 2.75) is 23.2 Å². The summed E-state index contributed by atoms with van der Waals surface area (Å²) in [6, 6.07) is 13.3. The minimum Gasteiger partial charge on any atom is -0.495 e. The standard InChI is InChI=1S/C21H19N3O6S2/c1-30-19-9-8-16(24(26)27)12-17(19)22-21(25)18-11-14-5-2-3-6-15(14)13-23(18)32(28,29)20-7-4-10-31-20/h2-10,12,18H,11,13H2,1H3,(H,22,25)/t18-/m0/s1. The Morgan fingerprint density at radius 1 is 1.19 bits per heavy atom. The van der Waals surface area contributed by atoms with Crippen LogP contribution in [-0.4, -0.2) is 36.7 Å². The first-order valence-electron chi connectivity index (χ1n) is 9.56. The first kappa shape index (κ1) is 21.9. The number of hydrogen-bond donors (Lipinski definition) is 1. The fourth-order valence-electron chi connectivity index (χ4n) is 3.62. The Bertz CT molecular complexity index is 1270. The number of carbonyl (C=O) groups is 1. The van der Waals surface area contributed by atoms with Gasteiger partial charge in [0.15, 0.2) is 0 Å². The van der Waals surface area contributed by atoms with Crippen molar-refractivity contribution >= 4 is 38.6 Å². The minimum absolute atomic E-state index is 0.0422. The monoisotopic (exact) mass is 473 g/mol. The van der Waals surface area contributed by atoms with Crippen LogP contribution in [0, 0.1) is 10.1 Å². The minimum atomic E-state index is -3.93. The van der Waals surface area contributed by atoms with Gasteiger partial charge in [-0.25, -0.2) is 8.42 Å². The smallest absolute Gasteiger partial charge is 0.271 e. The molecule has 0 fully saturated rings. The number of thiophene rings is 1. The molecule has 0 saturated heterocycles. The molecule has 3 aromatic rings. The summed E-state index contributed by atoms with van der Waals surface area (Å²) in [5.74, 6) is -0.369. The van der Waals surface area contributed by atoms with Crippen LogP contribution in [0.5, 0.6) is 5.75 Å². The van der Waals surface area contributed by atoms with Crippen LogP contribution in [-0.2, 0) is 27.8 Å². The van der Waals surface area contributed by atoms with Crippen molar-refractivity contribution < 1.29 is 22.9 Å². The van der Waals surface area contributed by atoms with E-state index < -0.39 is 26.9 Å². The summed E-state index contributed by atoms with van der Waals surface area (Å²) < 4.78 is 33.2. The van der Waals surface area contributed by atoms with Crippen molar-refractivity contribution in [1.29, 1.82) is 0 Å². The van der Waals surface area contributed by atoms with Crippen LogP contribution in [0.2, 0.25) is 0 Å².